The first-order chi connectivity index (χ1) is 10.6. The average molecular weight is 304 g/mol. The number of aliphatic hydroxyl groups is 1. The number of aromatic nitrogens is 1. The van der Waals surface area contributed by atoms with Gasteiger partial charge in [-0.2, -0.15) is 0 Å². The van der Waals surface area contributed by atoms with Crippen molar-refractivity contribution in [2.45, 2.75) is 25.7 Å². The lowest BCUT2D eigenvalue weighted by Gasteiger charge is -2.32. The van der Waals surface area contributed by atoms with Gasteiger partial charge in [-0.15, -0.1) is 0 Å². The van der Waals surface area contributed by atoms with E-state index in [0.29, 0.717) is 17.8 Å². The Morgan fingerprint density at radius 2 is 2.05 bits per heavy atom. The van der Waals surface area contributed by atoms with Crippen molar-refractivity contribution in [2.75, 3.05) is 26.2 Å². The molecule has 1 aromatic heterocycles. The van der Waals surface area contributed by atoms with Gasteiger partial charge in [0.25, 0.3) is 5.56 Å². The van der Waals surface area contributed by atoms with Gasteiger partial charge in [-0.25, -0.2) is 4.39 Å². The van der Waals surface area contributed by atoms with E-state index >= 15 is 0 Å². The third-order valence-corrected chi connectivity index (χ3v) is 4.63. The van der Waals surface area contributed by atoms with Crippen LogP contribution in [0.25, 0.3) is 10.8 Å². The molecule has 0 aliphatic carbocycles. The molecule has 1 saturated heterocycles. The van der Waals surface area contributed by atoms with Crippen LogP contribution in [0.5, 0.6) is 0 Å². The number of halogens is 1. The minimum Gasteiger partial charge on any atom is -0.395 e. The monoisotopic (exact) mass is 304 g/mol. The Bertz CT molecular complexity index is 733. The van der Waals surface area contributed by atoms with Crippen LogP contribution in [0, 0.1) is 12.7 Å². The normalized spacial score (nSPS) is 17.2. The largest absolute Gasteiger partial charge is 0.395 e. The lowest BCUT2D eigenvalue weighted by molar-refractivity contribution is 0.164. The molecule has 0 saturated carbocycles. The second kappa shape index (κ2) is 6.18. The highest BCUT2D eigenvalue weighted by Crippen LogP contribution is 2.33. The molecule has 2 aromatic rings. The van der Waals surface area contributed by atoms with Gasteiger partial charge in [0, 0.05) is 12.2 Å². The lowest BCUT2D eigenvalue weighted by Crippen LogP contribution is -2.35. The minimum absolute atomic E-state index is 0.185. The first-order valence-electron chi connectivity index (χ1n) is 7.75. The Balaban J connectivity index is 1.99. The lowest BCUT2D eigenvalue weighted by atomic mass is 9.85. The molecule has 2 N–H and O–H groups in total. The Morgan fingerprint density at radius 1 is 1.32 bits per heavy atom. The van der Waals surface area contributed by atoms with E-state index in [4.69, 9.17) is 5.11 Å². The molecule has 0 atom stereocenters. The minimum atomic E-state index is -0.384. The van der Waals surface area contributed by atoms with Crippen LogP contribution in [0.2, 0.25) is 0 Å². The van der Waals surface area contributed by atoms with E-state index in [-0.39, 0.29) is 18.0 Å². The molecule has 118 valence electrons. The standard InChI is InChI=1S/C17H21FN2O2/c1-11-16(12-4-6-20(7-5-12)8-9-21)14-3-2-13(18)10-15(14)17(22)19-11/h2-3,10,12,21H,4-9H2,1H3,(H,19,22). The highest BCUT2D eigenvalue weighted by Gasteiger charge is 2.24. The number of aliphatic hydroxyl groups excluding tert-OH is 1. The molecule has 22 heavy (non-hydrogen) atoms. The average Bonchev–Trinajstić information content (AvgIpc) is 2.50. The second-order valence-electron chi connectivity index (χ2n) is 6.02. The Kier molecular flexibility index (Phi) is 4.27. The van der Waals surface area contributed by atoms with E-state index in [1.165, 1.54) is 12.1 Å². The molecular formula is C17H21FN2O2. The fourth-order valence-corrected chi connectivity index (χ4v) is 3.56. The summed E-state index contributed by atoms with van der Waals surface area (Å²) in [6.07, 6.45) is 1.97. The van der Waals surface area contributed by atoms with Gasteiger partial charge < -0.3 is 15.0 Å². The summed E-state index contributed by atoms with van der Waals surface area (Å²) < 4.78 is 13.4. The van der Waals surface area contributed by atoms with Crippen molar-refractivity contribution in [3.05, 3.63) is 45.6 Å². The fourth-order valence-electron chi connectivity index (χ4n) is 3.56. The number of β-amino-alcohol motifs (C(OH)–C–C–N with tert-alkyl or cyclic N) is 1. The first kappa shape index (κ1) is 15.2. The summed E-state index contributed by atoms with van der Waals surface area (Å²) in [5, 5.41) is 10.3. The summed E-state index contributed by atoms with van der Waals surface area (Å²) in [5.74, 6) is -0.0228. The van der Waals surface area contributed by atoms with Gasteiger partial charge in [-0.1, -0.05) is 6.07 Å². The molecule has 1 aliphatic rings. The molecule has 0 unspecified atom stereocenters. The summed E-state index contributed by atoms with van der Waals surface area (Å²) in [6, 6.07) is 4.46. The molecule has 0 spiro atoms. The zero-order valence-electron chi connectivity index (χ0n) is 12.7. The molecule has 3 rings (SSSR count). The highest BCUT2D eigenvalue weighted by molar-refractivity contribution is 5.86. The van der Waals surface area contributed by atoms with Crippen molar-refractivity contribution in [2.24, 2.45) is 0 Å². The van der Waals surface area contributed by atoms with Gasteiger partial charge in [0.2, 0.25) is 0 Å². The van der Waals surface area contributed by atoms with Crippen molar-refractivity contribution >= 4 is 10.8 Å². The number of hydrogen-bond donors (Lipinski definition) is 2. The third-order valence-electron chi connectivity index (χ3n) is 4.63. The SMILES string of the molecule is Cc1[nH]c(=O)c2cc(F)ccc2c1C1CCN(CCO)CC1. The van der Waals surface area contributed by atoms with Crippen LogP contribution in [0.15, 0.2) is 23.0 Å². The predicted octanol–water partition coefficient (Wildman–Crippen LogP) is 2.15. The number of likely N-dealkylation sites (tertiary alicyclic amines) is 1. The molecule has 2 heterocycles. The maximum Gasteiger partial charge on any atom is 0.256 e. The molecule has 1 fully saturated rings. The van der Waals surface area contributed by atoms with Gasteiger partial charge >= 0.3 is 0 Å². The van der Waals surface area contributed by atoms with Crippen LogP contribution in [-0.4, -0.2) is 41.2 Å². The van der Waals surface area contributed by atoms with Gasteiger partial charge in [0.05, 0.1) is 12.0 Å². The van der Waals surface area contributed by atoms with Crippen LogP contribution in [0.1, 0.15) is 30.0 Å². The number of aryl methyl sites for hydroxylation is 1. The van der Waals surface area contributed by atoms with E-state index in [1.54, 1.807) is 6.07 Å². The molecule has 1 aliphatic heterocycles. The number of pyridine rings is 1. The number of nitrogens with zero attached hydrogens (tertiary/aromatic N) is 1. The van der Waals surface area contributed by atoms with E-state index in [0.717, 1.165) is 42.6 Å². The van der Waals surface area contributed by atoms with Crippen molar-refractivity contribution in [1.29, 1.82) is 0 Å². The third kappa shape index (κ3) is 2.78. The number of H-pyrrole nitrogens is 1. The fraction of sp³-hybridized carbons (Fsp3) is 0.471. The summed E-state index contributed by atoms with van der Waals surface area (Å²) in [5.41, 5.74) is 1.79. The highest BCUT2D eigenvalue weighted by atomic mass is 19.1. The molecular weight excluding hydrogens is 283 g/mol. The number of aromatic amines is 1. The Labute approximate surface area is 128 Å². The topological polar surface area (TPSA) is 56.3 Å². The van der Waals surface area contributed by atoms with E-state index in [9.17, 15) is 9.18 Å². The Morgan fingerprint density at radius 3 is 2.73 bits per heavy atom. The molecule has 5 heteroatoms. The van der Waals surface area contributed by atoms with E-state index in [1.807, 2.05) is 6.92 Å². The van der Waals surface area contributed by atoms with Crippen molar-refractivity contribution in [1.82, 2.24) is 9.88 Å². The maximum atomic E-state index is 13.4. The van der Waals surface area contributed by atoms with Gasteiger partial charge in [0.1, 0.15) is 5.82 Å². The number of fused-ring (bicyclic) bond motifs is 1. The van der Waals surface area contributed by atoms with Gasteiger partial charge in [-0.05, 0) is 61.9 Å². The maximum absolute atomic E-state index is 13.4. The van der Waals surface area contributed by atoms with E-state index in [2.05, 4.69) is 9.88 Å². The zero-order chi connectivity index (χ0) is 15.7. The molecule has 1 aromatic carbocycles. The van der Waals surface area contributed by atoms with Crippen LogP contribution in [0.4, 0.5) is 4.39 Å². The van der Waals surface area contributed by atoms with Crippen molar-refractivity contribution in [3.63, 3.8) is 0 Å². The Hall–Kier alpha value is -1.72. The smallest absolute Gasteiger partial charge is 0.256 e. The zero-order valence-corrected chi connectivity index (χ0v) is 12.7. The van der Waals surface area contributed by atoms with Crippen LogP contribution in [-0.2, 0) is 0 Å². The van der Waals surface area contributed by atoms with Crippen molar-refractivity contribution < 1.29 is 9.50 Å². The summed E-state index contributed by atoms with van der Waals surface area (Å²) in [4.78, 5) is 17.2. The summed E-state index contributed by atoms with van der Waals surface area (Å²) >= 11 is 0. The first-order valence-corrected chi connectivity index (χ1v) is 7.75. The number of benzene rings is 1. The van der Waals surface area contributed by atoms with Gasteiger partial charge in [0.15, 0.2) is 0 Å². The van der Waals surface area contributed by atoms with Crippen LogP contribution in [0.3, 0.4) is 0 Å². The molecule has 0 bridgehead atoms. The second-order valence-corrected chi connectivity index (χ2v) is 6.02. The van der Waals surface area contributed by atoms with Crippen LogP contribution >= 0.6 is 0 Å². The quantitative estimate of drug-likeness (QED) is 0.913. The molecule has 0 amide bonds. The van der Waals surface area contributed by atoms with Crippen LogP contribution < -0.4 is 5.56 Å². The summed E-state index contributed by atoms with van der Waals surface area (Å²) in [7, 11) is 0. The molecule has 0 radical (unpaired) electrons. The number of nitrogens with one attached hydrogen (secondary N) is 1. The predicted molar refractivity (Wildman–Crippen MR) is 84.8 cm³/mol. The number of rotatable bonds is 3. The summed E-state index contributed by atoms with van der Waals surface area (Å²) in [6.45, 7) is 4.69. The van der Waals surface area contributed by atoms with E-state index < -0.39 is 0 Å². The van der Waals surface area contributed by atoms with Crippen molar-refractivity contribution in [3.8, 4) is 0 Å². The number of hydrogen-bond acceptors (Lipinski definition) is 3. The number of piperidine rings is 1. The molecule has 4 nitrogen and oxygen atoms in total. The van der Waals surface area contributed by atoms with Gasteiger partial charge in [-0.3, -0.25) is 4.79 Å².